The van der Waals surface area contributed by atoms with Gasteiger partial charge in [-0.2, -0.15) is 0 Å². The molecule has 0 bridgehead atoms. The molecule has 0 saturated carbocycles. The average Bonchev–Trinajstić information content (AvgIpc) is 3.17. The summed E-state index contributed by atoms with van der Waals surface area (Å²) < 4.78 is 33.3. The zero-order valence-electron chi connectivity index (χ0n) is 34.9. The second-order valence-electron chi connectivity index (χ2n) is 13.8. The van der Waals surface area contributed by atoms with E-state index in [0.717, 1.165) is 96.3 Å². The molecule has 0 heterocycles. The Bertz CT molecular complexity index is 1110. The maximum Gasteiger partial charge on any atom is 0.472 e. The number of ether oxygens (including phenoxy) is 2. The van der Waals surface area contributed by atoms with Crippen LogP contribution in [0.5, 0.6) is 0 Å². The first-order valence-corrected chi connectivity index (χ1v) is 23.1. The van der Waals surface area contributed by atoms with E-state index in [1.165, 1.54) is 44.9 Å². The zero-order chi connectivity index (χ0) is 40.2. The summed E-state index contributed by atoms with van der Waals surface area (Å²) in [5.41, 5.74) is 5.36. The Morgan fingerprint density at radius 2 is 1.02 bits per heavy atom. The maximum atomic E-state index is 12.5. The predicted octanol–water partition coefficient (Wildman–Crippen LogP) is 12.9. The number of hydrogen-bond acceptors (Lipinski definition) is 7. The van der Waals surface area contributed by atoms with Gasteiger partial charge < -0.3 is 20.1 Å². The summed E-state index contributed by atoms with van der Waals surface area (Å²) in [7, 11) is -4.28. The number of allylic oxidation sites excluding steroid dienone is 14. The van der Waals surface area contributed by atoms with Crippen LogP contribution in [-0.4, -0.2) is 49.9 Å². The van der Waals surface area contributed by atoms with Crippen molar-refractivity contribution in [3.63, 3.8) is 0 Å². The number of nitrogens with two attached hydrogens (primary N) is 1. The Morgan fingerprint density at radius 1 is 0.564 bits per heavy atom. The molecule has 0 radical (unpaired) electrons. The summed E-state index contributed by atoms with van der Waals surface area (Å²) >= 11 is 0. The van der Waals surface area contributed by atoms with E-state index in [-0.39, 0.29) is 32.3 Å². The lowest BCUT2D eigenvalue weighted by Crippen LogP contribution is -2.28. The molecule has 8 nitrogen and oxygen atoms in total. The van der Waals surface area contributed by atoms with E-state index in [1.807, 2.05) is 0 Å². The molecule has 0 aliphatic heterocycles. The Balaban J connectivity index is 4.05. The van der Waals surface area contributed by atoms with E-state index < -0.39 is 13.9 Å². The third-order valence-corrected chi connectivity index (χ3v) is 9.56. The normalized spacial score (nSPS) is 14.3. The standard InChI is InChI=1S/C46H80NO7P/c1-3-5-7-9-11-13-15-16-17-18-19-20-21-22-23-24-25-26-27-28-29-30-32-34-36-38-41-51-43-45(44-53-55(49,50)52-42-40-47)54-46(48)39-37-35-33-31-14-12-10-8-6-4-2/h5,7,11,13,16-17,19-20,22-23,25-26,28-29,45H,3-4,6,8-10,12,14-15,18,21,24,27,30-44,47H2,1-2H3,(H,49,50)/b7-5-,13-11-,17-16-,20-19-,23-22-,26-25-,29-28-. The number of rotatable bonds is 40. The minimum Gasteiger partial charge on any atom is -0.457 e. The molecule has 9 heteroatoms. The van der Waals surface area contributed by atoms with Gasteiger partial charge >= 0.3 is 13.8 Å². The van der Waals surface area contributed by atoms with Crippen molar-refractivity contribution in [1.29, 1.82) is 0 Å². The van der Waals surface area contributed by atoms with Crippen molar-refractivity contribution in [2.45, 2.75) is 168 Å². The summed E-state index contributed by atoms with van der Waals surface area (Å²) in [5.74, 6) is -0.346. The molecule has 316 valence electrons. The molecule has 2 unspecified atom stereocenters. The van der Waals surface area contributed by atoms with Crippen molar-refractivity contribution in [2.24, 2.45) is 5.73 Å². The van der Waals surface area contributed by atoms with Gasteiger partial charge in [-0.3, -0.25) is 13.8 Å². The maximum absolute atomic E-state index is 12.5. The highest BCUT2D eigenvalue weighted by Crippen LogP contribution is 2.43. The molecule has 0 fully saturated rings. The molecule has 55 heavy (non-hydrogen) atoms. The molecule has 0 aromatic heterocycles. The van der Waals surface area contributed by atoms with Crippen LogP contribution in [0.3, 0.4) is 0 Å². The second kappa shape index (κ2) is 42.8. The number of esters is 1. The highest BCUT2D eigenvalue weighted by atomic mass is 31.2. The Kier molecular flexibility index (Phi) is 41.0. The number of hydrogen-bond donors (Lipinski definition) is 2. The molecule has 0 aromatic carbocycles. The summed E-state index contributed by atoms with van der Waals surface area (Å²) in [6.45, 7) is 4.70. The first-order chi connectivity index (χ1) is 26.9. The van der Waals surface area contributed by atoms with Crippen LogP contribution in [0.25, 0.3) is 0 Å². The van der Waals surface area contributed by atoms with E-state index in [1.54, 1.807) is 0 Å². The van der Waals surface area contributed by atoms with E-state index in [2.05, 4.69) is 98.9 Å². The van der Waals surface area contributed by atoms with Crippen molar-refractivity contribution in [2.75, 3.05) is 33.0 Å². The lowest BCUT2D eigenvalue weighted by molar-refractivity contribution is -0.154. The molecular weight excluding hydrogens is 709 g/mol. The largest absolute Gasteiger partial charge is 0.472 e. The van der Waals surface area contributed by atoms with Gasteiger partial charge in [-0.15, -0.1) is 0 Å². The van der Waals surface area contributed by atoms with Gasteiger partial charge in [-0.05, 0) is 70.6 Å². The van der Waals surface area contributed by atoms with Gasteiger partial charge in [0.25, 0.3) is 0 Å². The first-order valence-electron chi connectivity index (χ1n) is 21.6. The smallest absolute Gasteiger partial charge is 0.457 e. The minimum absolute atomic E-state index is 0.0922. The van der Waals surface area contributed by atoms with Crippen molar-refractivity contribution < 1.29 is 32.8 Å². The van der Waals surface area contributed by atoms with Crippen molar-refractivity contribution in [3.05, 3.63) is 85.1 Å². The van der Waals surface area contributed by atoms with Crippen LogP contribution in [0.15, 0.2) is 85.1 Å². The van der Waals surface area contributed by atoms with Crippen molar-refractivity contribution >= 4 is 13.8 Å². The van der Waals surface area contributed by atoms with Crippen molar-refractivity contribution in [3.8, 4) is 0 Å². The van der Waals surface area contributed by atoms with Crippen LogP contribution >= 0.6 is 7.82 Å². The Hall–Kier alpha value is -2.32. The van der Waals surface area contributed by atoms with Crippen LogP contribution < -0.4 is 5.73 Å². The molecule has 0 aromatic rings. The van der Waals surface area contributed by atoms with Crippen LogP contribution in [0.4, 0.5) is 0 Å². The topological polar surface area (TPSA) is 117 Å². The van der Waals surface area contributed by atoms with Crippen LogP contribution in [0, 0.1) is 0 Å². The Morgan fingerprint density at radius 3 is 1.53 bits per heavy atom. The lowest BCUT2D eigenvalue weighted by atomic mass is 10.1. The zero-order valence-corrected chi connectivity index (χ0v) is 35.8. The number of carbonyl (C=O) groups excluding carboxylic acids is 1. The van der Waals surface area contributed by atoms with Gasteiger partial charge in [-0.25, -0.2) is 4.57 Å². The molecule has 0 rings (SSSR count). The molecule has 0 saturated heterocycles. The lowest BCUT2D eigenvalue weighted by Gasteiger charge is -2.20. The van der Waals surface area contributed by atoms with Crippen LogP contribution in [0.1, 0.15) is 162 Å². The quantitative estimate of drug-likeness (QED) is 0.0273. The number of unbranched alkanes of at least 4 members (excludes halogenated alkanes) is 13. The Labute approximate surface area is 337 Å². The number of phosphoric acid groups is 1. The van der Waals surface area contributed by atoms with Crippen LogP contribution in [0.2, 0.25) is 0 Å². The van der Waals surface area contributed by atoms with Gasteiger partial charge in [0.1, 0.15) is 6.10 Å². The van der Waals surface area contributed by atoms with Gasteiger partial charge in [0, 0.05) is 19.6 Å². The summed E-state index contributed by atoms with van der Waals surface area (Å²) in [6, 6.07) is 0. The third-order valence-electron chi connectivity index (χ3n) is 8.58. The van der Waals surface area contributed by atoms with Gasteiger partial charge in [0.2, 0.25) is 0 Å². The number of phosphoric ester groups is 1. The van der Waals surface area contributed by atoms with E-state index in [0.29, 0.717) is 13.0 Å². The average molecular weight is 790 g/mol. The van der Waals surface area contributed by atoms with Gasteiger partial charge in [-0.1, -0.05) is 170 Å². The minimum atomic E-state index is -4.28. The molecule has 0 aliphatic carbocycles. The highest BCUT2D eigenvalue weighted by molar-refractivity contribution is 7.47. The molecule has 0 aliphatic rings. The summed E-state index contributed by atoms with van der Waals surface area (Å²) in [4.78, 5) is 22.4. The fraction of sp³-hybridized carbons (Fsp3) is 0.674. The molecule has 2 atom stereocenters. The van der Waals surface area contributed by atoms with E-state index >= 15 is 0 Å². The SMILES string of the molecule is CC/C=C\C/C=C\C/C=C\C/C=C\C/C=C\C/C=C\C/C=C\CCCCCCOCC(COP(=O)(O)OCCN)OC(=O)CCCCCCCCCCCC. The third kappa shape index (κ3) is 42.7. The van der Waals surface area contributed by atoms with E-state index in [4.69, 9.17) is 24.3 Å². The molecular formula is C46H80NO7P. The summed E-state index contributed by atoms with van der Waals surface area (Å²) in [5, 5.41) is 0. The molecule has 0 spiro atoms. The molecule has 3 N–H and O–H groups in total. The predicted molar refractivity (Wildman–Crippen MR) is 233 cm³/mol. The first kappa shape index (κ1) is 52.7. The fourth-order valence-electron chi connectivity index (χ4n) is 5.45. The number of carbonyl (C=O) groups is 1. The monoisotopic (exact) mass is 790 g/mol. The fourth-order valence-corrected chi connectivity index (χ4v) is 6.21. The van der Waals surface area contributed by atoms with Gasteiger partial charge in [0.05, 0.1) is 19.8 Å². The second-order valence-corrected chi connectivity index (χ2v) is 15.3. The van der Waals surface area contributed by atoms with Crippen molar-refractivity contribution in [1.82, 2.24) is 0 Å². The van der Waals surface area contributed by atoms with Gasteiger partial charge in [0.15, 0.2) is 0 Å². The highest BCUT2D eigenvalue weighted by Gasteiger charge is 2.25. The van der Waals surface area contributed by atoms with Crippen LogP contribution in [-0.2, 0) is 27.9 Å². The van der Waals surface area contributed by atoms with E-state index in [9.17, 15) is 14.3 Å². The summed E-state index contributed by atoms with van der Waals surface area (Å²) in [6.07, 6.45) is 54.7. The molecule has 0 amide bonds.